The minimum absolute atomic E-state index is 0.0372. The van der Waals surface area contributed by atoms with E-state index in [1.54, 1.807) is 11.0 Å². The van der Waals surface area contributed by atoms with Crippen LogP contribution in [0, 0.1) is 12.7 Å². The van der Waals surface area contributed by atoms with Gasteiger partial charge in [0.2, 0.25) is 10.0 Å². The van der Waals surface area contributed by atoms with Crippen LogP contribution < -0.4 is 9.46 Å². The van der Waals surface area contributed by atoms with Crippen LogP contribution in [0.1, 0.15) is 47.2 Å². The van der Waals surface area contributed by atoms with E-state index in [9.17, 15) is 13.2 Å². The monoisotopic (exact) mass is 547 g/mol. The Morgan fingerprint density at radius 3 is 2.73 bits per heavy atom. The van der Waals surface area contributed by atoms with Gasteiger partial charge in [0.15, 0.2) is 17.5 Å². The number of hydrogen-bond acceptors (Lipinski definition) is 6. The Labute approximate surface area is 219 Å². The second-order valence-electron chi connectivity index (χ2n) is 9.38. The lowest BCUT2D eigenvalue weighted by Gasteiger charge is -2.37. The fourth-order valence-electron chi connectivity index (χ4n) is 4.99. The van der Waals surface area contributed by atoms with Gasteiger partial charge in [0.1, 0.15) is 23.5 Å². The molecule has 4 heterocycles. The van der Waals surface area contributed by atoms with Gasteiger partial charge < -0.3 is 14.2 Å². The Morgan fingerprint density at radius 1 is 1.19 bits per heavy atom. The van der Waals surface area contributed by atoms with Gasteiger partial charge in [0, 0.05) is 31.5 Å². The van der Waals surface area contributed by atoms with E-state index in [2.05, 4.69) is 14.3 Å². The number of nitrogens with zero attached hydrogens (tertiary/aromatic N) is 4. The number of amides is 1. The van der Waals surface area contributed by atoms with E-state index in [0.717, 1.165) is 54.8 Å². The molecule has 1 amide bonds. The average molecular weight is 548 g/mol. The zero-order valence-corrected chi connectivity index (χ0v) is 22.1. The van der Waals surface area contributed by atoms with Crippen LogP contribution in [0.15, 0.2) is 30.3 Å². The molecule has 5 rings (SSSR count). The number of hydrogen-bond donors (Lipinski definition) is 1. The van der Waals surface area contributed by atoms with Crippen molar-refractivity contribution in [1.29, 1.82) is 0 Å². The normalized spacial score (nSPS) is 17.2. The number of ether oxygens (including phenoxy) is 1. The molecule has 9 nitrogen and oxygen atoms in total. The predicted octanol–water partition coefficient (Wildman–Crippen LogP) is 3.64. The fourth-order valence-corrected chi connectivity index (χ4v) is 5.69. The molecule has 2 aromatic heterocycles. The number of nitrogens with one attached hydrogen (secondary N) is 1. The van der Waals surface area contributed by atoms with Crippen molar-refractivity contribution in [2.75, 3.05) is 24.1 Å². The van der Waals surface area contributed by atoms with Crippen LogP contribution in [0.2, 0.25) is 5.15 Å². The zero-order chi connectivity index (χ0) is 26.3. The van der Waals surface area contributed by atoms with Crippen molar-refractivity contribution in [2.45, 2.75) is 45.2 Å². The van der Waals surface area contributed by atoms with Crippen molar-refractivity contribution in [3.05, 3.63) is 69.6 Å². The molecule has 1 aromatic carbocycles. The maximum atomic E-state index is 15.3. The Kier molecular flexibility index (Phi) is 6.84. The summed E-state index contributed by atoms with van der Waals surface area (Å²) in [5.41, 5.74) is 3.00. The first-order valence-electron chi connectivity index (χ1n) is 12.0. The van der Waals surface area contributed by atoms with Crippen molar-refractivity contribution >= 4 is 33.3 Å². The Bertz CT molecular complexity index is 1480. The highest BCUT2D eigenvalue weighted by atomic mass is 35.5. The number of aryl methyl sites for hydroxylation is 2. The van der Waals surface area contributed by atoms with Gasteiger partial charge in [0.05, 0.1) is 17.6 Å². The Hall–Kier alpha value is -3.18. The van der Waals surface area contributed by atoms with Gasteiger partial charge in [-0.15, -0.1) is 0 Å². The minimum Gasteiger partial charge on any atom is -0.481 e. The van der Waals surface area contributed by atoms with Crippen molar-refractivity contribution in [2.24, 2.45) is 0 Å². The number of pyridine rings is 1. The van der Waals surface area contributed by atoms with Crippen molar-refractivity contribution in [1.82, 2.24) is 19.4 Å². The largest absolute Gasteiger partial charge is 0.481 e. The molecule has 1 N–H and O–H groups in total. The molecule has 196 valence electrons. The van der Waals surface area contributed by atoms with Gasteiger partial charge in [-0.2, -0.15) is 0 Å². The van der Waals surface area contributed by atoms with E-state index in [4.69, 9.17) is 21.3 Å². The van der Waals surface area contributed by atoms with E-state index in [1.807, 2.05) is 13.0 Å². The summed E-state index contributed by atoms with van der Waals surface area (Å²) in [6, 6.07) is 7.26. The highest BCUT2D eigenvalue weighted by molar-refractivity contribution is 7.92. The molecule has 3 aromatic rings. The maximum absolute atomic E-state index is 15.3. The second kappa shape index (κ2) is 9.94. The number of halogens is 2. The van der Waals surface area contributed by atoms with E-state index in [0.29, 0.717) is 18.5 Å². The smallest absolute Gasteiger partial charge is 0.261 e. The number of aromatic nitrogens is 3. The van der Waals surface area contributed by atoms with Gasteiger partial charge in [-0.3, -0.25) is 9.52 Å². The number of carbonyl (C=O) groups excluding carboxylic acids is 1. The van der Waals surface area contributed by atoms with Crippen LogP contribution >= 0.6 is 11.6 Å². The third-order valence-corrected chi connectivity index (χ3v) is 7.43. The van der Waals surface area contributed by atoms with Gasteiger partial charge in [0.25, 0.3) is 5.91 Å². The molecule has 0 bridgehead atoms. The van der Waals surface area contributed by atoms with Crippen LogP contribution in [0.5, 0.6) is 5.75 Å². The molecule has 37 heavy (non-hydrogen) atoms. The molecular weight excluding hydrogens is 521 g/mol. The Balaban J connectivity index is 1.43. The number of rotatable bonds is 6. The van der Waals surface area contributed by atoms with E-state index in [-0.39, 0.29) is 35.1 Å². The molecular formula is C25H27ClFN5O4S. The number of carbonyl (C=O) groups is 1. The molecule has 2 aliphatic rings. The van der Waals surface area contributed by atoms with Crippen LogP contribution in [0.3, 0.4) is 0 Å². The summed E-state index contributed by atoms with van der Waals surface area (Å²) in [6.07, 6.45) is 4.50. The molecule has 12 heteroatoms. The number of benzene rings is 1. The van der Waals surface area contributed by atoms with Gasteiger partial charge in [-0.05, 0) is 43.5 Å². The summed E-state index contributed by atoms with van der Waals surface area (Å²) >= 11 is 6.16. The summed E-state index contributed by atoms with van der Waals surface area (Å²) in [5.74, 6) is 0.446. The van der Waals surface area contributed by atoms with E-state index in [1.165, 1.54) is 18.2 Å². The molecule has 0 fully saturated rings. The van der Waals surface area contributed by atoms with Crippen LogP contribution in [-0.4, -0.2) is 53.2 Å². The SMILES string of the molecule is Cc1ccc(C2c3c(nc4n3CCCC4)CCN2C(=O)COc2ccc(NS(C)(=O)=O)nc2Cl)c(F)c1. The van der Waals surface area contributed by atoms with Crippen molar-refractivity contribution < 1.29 is 22.3 Å². The number of fused-ring (bicyclic) bond motifs is 3. The van der Waals surface area contributed by atoms with E-state index >= 15 is 4.39 Å². The minimum atomic E-state index is -3.52. The highest BCUT2D eigenvalue weighted by Crippen LogP contribution is 2.38. The third-order valence-electron chi connectivity index (χ3n) is 6.58. The average Bonchev–Trinajstić information content (AvgIpc) is 3.21. The molecule has 0 saturated carbocycles. The number of imidazole rings is 1. The summed E-state index contributed by atoms with van der Waals surface area (Å²) in [7, 11) is -3.52. The molecule has 0 saturated heterocycles. The lowest BCUT2D eigenvalue weighted by Crippen LogP contribution is -2.44. The predicted molar refractivity (Wildman–Crippen MR) is 137 cm³/mol. The zero-order valence-electron chi connectivity index (χ0n) is 20.5. The first-order chi connectivity index (χ1) is 17.6. The lowest BCUT2D eigenvalue weighted by atomic mass is 9.93. The van der Waals surface area contributed by atoms with Gasteiger partial charge in [-0.25, -0.2) is 22.8 Å². The molecule has 0 spiro atoms. The summed E-state index contributed by atoms with van der Waals surface area (Å²) in [5, 5.41) is -0.0895. The standard InChI is InChI=1S/C25H27ClFN5O4S/c1-15-6-7-16(17(27)13-15)23-24-18(28-21-5-3-4-11-31(21)24)10-12-32(23)22(33)14-36-19-8-9-20(29-25(19)26)30-37(2,34)35/h6-9,13,23H,3-5,10-12,14H2,1-2H3,(H,29,30). The number of sulfonamides is 1. The topological polar surface area (TPSA) is 106 Å². The quantitative estimate of drug-likeness (QED) is 0.472. The summed E-state index contributed by atoms with van der Waals surface area (Å²) in [6.45, 7) is 2.63. The van der Waals surface area contributed by atoms with E-state index < -0.39 is 16.1 Å². The summed E-state index contributed by atoms with van der Waals surface area (Å²) < 4.78 is 48.2. The van der Waals surface area contributed by atoms with Crippen molar-refractivity contribution in [3.63, 3.8) is 0 Å². The third kappa shape index (κ3) is 5.28. The van der Waals surface area contributed by atoms with Crippen LogP contribution in [0.25, 0.3) is 0 Å². The first-order valence-corrected chi connectivity index (χ1v) is 14.3. The molecule has 0 aliphatic carbocycles. The summed E-state index contributed by atoms with van der Waals surface area (Å²) in [4.78, 5) is 23.9. The van der Waals surface area contributed by atoms with Crippen LogP contribution in [0.4, 0.5) is 10.2 Å². The molecule has 1 unspecified atom stereocenters. The highest BCUT2D eigenvalue weighted by Gasteiger charge is 2.38. The fraction of sp³-hybridized carbons (Fsp3) is 0.400. The van der Waals surface area contributed by atoms with Gasteiger partial charge in [-0.1, -0.05) is 23.7 Å². The van der Waals surface area contributed by atoms with Crippen LogP contribution in [-0.2, 0) is 34.2 Å². The maximum Gasteiger partial charge on any atom is 0.261 e. The first kappa shape index (κ1) is 25.5. The number of anilines is 1. The Morgan fingerprint density at radius 2 is 2.00 bits per heavy atom. The van der Waals surface area contributed by atoms with Crippen molar-refractivity contribution in [3.8, 4) is 5.75 Å². The molecule has 0 radical (unpaired) electrons. The second-order valence-corrected chi connectivity index (χ2v) is 11.5. The molecule has 1 atom stereocenters. The lowest BCUT2D eigenvalue weighted by molar-refractivity contribution is -0.135. The van der Waals surface area contributed by atoms with Gasteiger partial charge >= 0.3 is 0 Å². The molecule has 2 aliphatic heterocycles.